The van der Waals surface area contributed by atoms with E-state index in [1.165, 1.54) is 50.6 Å². The number of benzene rings is 1. The molecular formula is C18H28N+. The van der Waals surface area contributed by atoms with Crippen LogP contribution in [0.5, 0.6) is 0 Å². The summed E-state index contributed by atoms with van der Waals surface area (Å²) >= 11 is 0. The summed E-state index contributed by atoms with van der Waals surface area (Å²) in [5, 5.41) is 3.73. The molecule has 0 aromatic heterocycles. The SMILES string of the molecule is CC1CC(Nc2ccccc2)CC1CC1CCCC1.[H+]. The van der Waals surface area contributed by atoms with E-state index in [4.69, 9.17) is 0 Å². The highest BCUT2D eigenvalue weighted by molar-refractivity contribution is 5.43. The first-order valence-electron chi connectivity index (χ1n) is 8.13. The molecule has 2 saturated carbocycles. The lowest BCUT2D eigenvalue weighted by molar-refractivity contribution is 0.320. The van der Waals surface area contributed by atoms with Gasteiger partial charge in [-0.15, -0.1) is 0 Å². The molecule has 0 amide bonds. The van der Waals surface area contributed by atoms with E-state index in [2.05, 4.69) is 42.6 Å². The van der Waals surface area contributed by atoms with E-state index >= 15 is 0 Å². The van der Waals surface area contributed by atoms with Crippen LogP contribution >= 0.6 is 0 Å². The molecule has 3 rings (SSSR count). The predicted molar refractivity (Wildman–Crippen MR) is 83.4 cm³/mol. The monoisotopic (exact) mass is 258 g/mol. The van der Waals surface area contributed by atoms with Gasteiger partial charge in [-0.25, -0.2) is 0 Å². The molecule has 1 aromatic rings. The molecule has 0 aliphatic heterocycles. The Labute approximate surface area is 119 Å². The fourth-order valence-electron chi connectivity index (χ4n) is 4.23. The number of para-hydroxylation sites is 1. The van der Waals surface area contributed by atoms with Gasteiger partial charge < -0.3 is 5.32 Å². The molecular weight excluding hydrogens is 230 g/mol. The molecule has 0 saturated heterocycles. The molecule has 1 N–H and O–H groups in total. The summed E-state index contributed by atoms with van der Waals surface area (Å²) in [5.41, 5.74) is 1.29. The number of nitrogens with one attached hydrogen (secondary N) is 1. The van der Waals surface area contributed by atoms with Gasteiger partial charge in [-0.3, -0.25) is 0 Å². The van der Waals surface area contributed by atoms with Crippen molar-refractivity contribution in [3.05, 3.63) is 30.3 Å². The third kappa shape index (κ3) is 3.32. The Morgan fingerprint density at radius 2 is 1.84 bits per heavy atom. The molecule has 2 aliphatic rings. The molecule has 1 nitrogen and oxygen atoms in total. The molecule has 0 radical (unpaired) electrons. The van der Waals surface area contributed by atoms with Gasteiger partial charge in [0, 0.05) is 11.7 Å². The first-order chi connectivity index (χ1) is 9.31. The van der Waals surface area contributed by atoms with Crippen molar-refractivity contribution in [2.45, 2.75) is 57.9 Å². The molecule has 0 bridgehead atoms. The van der Waals surface area contributed by atoms with Crippen LogP contribution < -0.4 is 5.32 Å². The Morgan fingerprint density at radius 1 is 1.11 bits per heavy atom. The predicted octanol–water partition coefficient (Wildman–Crippen LogP) is 5.21. The van der Waals surface area contributed by atoms with Gasteiger partial charge >= 0.3 is 1.43 Å². The molecule has 0 heterocycles. The average Bonchev–Trinajstić information content (AvgIpc) is 3.02. The zero-order valence-corrected chi connectivity index (χ0v) is 12.1. The van der Waals surface area contributed by atoms with Crippen molar-refractivity contribution < 1.29 is 1.43 Å². The van der Waals surface area contributed by atoms with Crippen LogP contribution in [-0.4, -0.2) is 6.04 Å². The first kappa shape index (κ1) is 13.0. The van der Waals surface area contributed by atoms with Crippen LogP contribution in [0.25, 0.3) is 0 Å². The van der Waals surface area contributed by atoms with Crippen molar-refractivity contribution in [3.8, 4) is 0 Å². The lowest BCUT2D eigenvalue weighted by atomic mass is 9.87. The Hall–Kier alpha value is -0.980. The minimum Gasteiger partial charge on any atom is -0.382 e. The standard InChI is InChI=1S/C18H27N/c1-14-11-18(19-17-9-3-2-4-10-17)13-16(14)12-15-7-5-6-8-15/h2-4,9-10,14-16,18-19H,5-8,11-13H2,1H3/p+1. The second-order valence-corrected chi connectivity index (χ2v) is 6.80. The Balaban J connectivity index is 0.00000147. The smallest absolute Gasteiger partial charge is 0.382 e. The fourth-order valence-corrected chi connectivity index (χ4v) is 4.23. The van der Waals surface area contributed by atoms with E-state index in [1.54, 1.807) is 0 Å². The molecule has 1 heteroatoms. The summed E-state index contributed by atoms with van der Waals surface area (Å²) in [6, 6.07) is 11.4. The third-order valence-electron chi connectivity index (χ3n) is 5.30. The Bertz CT molecular complexity index is 386. The maximum Gasteiger partial charge on any atom is 1.00 e. The highest BCUT2D eigenvalue weighted by Gasteiger charge is 2.33. The van der Waals surface area contributed by atoms with E-state index in [1.807, 2.05) is 0 Å². The Morgan fingerprint density at radius 3 is 2.58 bits per heavy atom. The molecule has 1 aromatic carbocycles. The van der Waals surface area contributed by atoms with Gasteiger partial charge in [-0.05, 0) is 49.1 Å². The number of rotatable bonds is 4. The lowest BCUT2D eigenvalue weighted by Crippen LogP contribution is -2.15. The van der Waals surface area contributed by atoms with E-state index < -0.39 is 0 Å². The average molecular weight is 258 g/mol. The van der Waals surface area contributed by atoms with Gasteiger partial charge in [0.1, 0.15) is 0 Å². The maximum atomic E-state index is 3.73. The highest BCUT2D eigenvalue weighted by Crippen LogP contribution is 2.41. The van der Waals surface area contributed by atoms with Crippen molar-refractivity contribution in [2.75, 3.05) is 5.32 Å². The van der Waals surface area contributed by atoms with E-state index in [9.17, 15) is 0 Å². The third-order valence-corrected chi connectivity index (χ3v) is 5.30. The molecule has 2 fully saturated rings. The summed E-state index contributed by atoms with van der Waals surface area (Å²) in [6.45, 7) is 2.46. The molecule has 3 unspecified atom stereocenters. The maximum absolute atomic E-state index is 3.73. The fraction of sp³-hybridized carbons (Fsp3) is 0.667. The van der Waals surface area contributed by atoms with E-state index in [-0.39, 0.29) is 1.43 Å². The lowest BCUT2D eigenvalue weighted by Gasteiger charge is -2.19. The van der Waals surface area contributed by atoms with Crippen molar-refractivity contribution in [1.82, 2.24) is 0 Å². The van der Waals surface area contributed by atoms with Crippen LogP contribution in [0.3, 0.4) is 0 Å². The largest absolute Gasteiger partial charge is 1.00 e. The summed E-state index contributed by atoms with van der Waals surface area (Å²) in [6.07, 6.45) is 10.2. The van der Waals surface area contributed by atoms with E-state index in [0.717, 1.165) is 17.8 Å². The second-order valence-electron chi connectivity index (χ2n) is 6.80. The van der Waals surface area contributed by atoms with Crippen LogP contribution in [0.4, 0.5) is 5.69 Å². The summed E-state index contributed by atoms with van der Waals surface area (Å²) < 4.78 is 0. The van der Waals surface area contributed by atoms with Gasteiger partial charge in [-0.2, -0.15) is 0 Å². The van der Waals surface area contributed by atoms with Crippen LogP contribution in [0, 0.1) is 17.8 Å². The number of hydrogen-bond donors (Lipinski definition) is 1. The molecule has 19 heavy (non-hydrogen) atoms. The zero-order chi connectivity index (χ0) is 13.1. The summed E-state index contributed by atoms with van der Waals surface area (Å²) in [4.78, 5) is 0. The van der Waals surface area contributed by atoms with Gasteiger partial charge in [0.25, 0.3) is 0 Å². The van der Waals surface area contributed by atoms with Crippen LogP contribution in [0.1, 0.15) is 53.3 Å². The molecule has 2 aliphatic carbocycles. The first-order valence-corrected chi connectivity index (χ1v) is 8.13. The second kappa shape index (κ2) is 5.98. The Kier molecular flexibility index (Phi) is 4.10. The molecule has 3 atom stereocenters. The quantitative estimate of drug-likeness (QED) is 0.782. The van der Waals surface area contributed by atoms with Gasteiger partial charge in [0.2, 0.25) is 0 Å². The van der Waals surface area contributed by atoms with Crippen molar-refractivity contribution >= 4 is 5.69 Å². The van der Waals surface area contributed by atoms with Crippen molar-refractivity contribution in [3.63, 3.8) is 0 Å². The minimum atomic E-state index is 0. The van der Waals surface area contributed by atoms with Crippen LogP contribution in [-0.2, 0) is 0 Å². The van der Waals surface area contributed by atoms with Crippen LogP contribution in [0.2, 0.25) is 0 Å². The normalized spacial score (nSPS) is 31.7. The topological polar surface area (TPSA) is 12.0 Å². The molecule has 0 spiro atoms. The van der Waals surface area contributed by atoms with Gasteiger partial charge in [0.15, 0.2) is 0 Å². The van der Waals surface area contributed by atoms with Crippen LogP contribution in [0.15, 0.2) is 30.3 Å². The minimum absolute atomic E-state index is 0. The number of anilines is 1. The summed E-state index contributed by atoms with van der Waals surface area (Å²) in [7, 11) is 0. The van der Waals surface area contributed by atoms with E-state index in [0.29, 0.717) is 6.04 Å². The number of hydrogen-bond acceptors (Lipinski definition) is 1. The van der Waals surface area contributed by atoms with Gasteiger partial charge in [-0.1, -0.05) is 50.8 Å². The molecule has 104 valence electrons. The van der Waals surface area contributed by atoms with Crippen molar-refractivity contribution in [2.24, 2.45) is 17.8 Å². The highest BCUT2D eigenvalue weighted by atomic mass is 14.9. The summed E-state index contributed by atoms with van der Waals surface area (Å²) in [5.74, 6) is 2.91. The van der Waals surface area contributed by atoms with Gasteiger partial charge in [0.05, 0.1) is 0 Å². The zero-order valence-electron chi connectivity index (χ0n) is 13.1. The van der Waals surface area contributed by atoms with Crippen molar-refractivity contribution in [1.29, 1.82) is 0 Å².